The van der Waals surface area contributed by atoms with Gasteiger partial charge in [0.2, 0.25) is 0 Å². The van der Waals surface area contributed by atoms with E-state index in [1.807, 2.05) is 6.21 Å². The second kappa shape index (κ2) is 7.40. The highest BCUT2D eigenvalue weighted by atomic mass is 79.9. The van der Waals surface area contributed by atoms with Crippen LogP contribution in [0, 0.1) is 5.92 Å². The number of hydrogen-bond donors (Lipinski definition) is 3. The van der Waals surface area contributed by atoms with Crippen molar-refractivity contribution in [2.24, 2.45) is 27.4 Å². The molecule has 1 rings (SSSR count). The summed E-state index contributed by atoms with van der Waals surface area (Å²) in [6, 6.07) is 0. The average Bonchev–Trinajstić information content (AvgIpc) is 3.07. The van der Waals surface area contributed by atoms with E-state index in [9.17, 15) is 0 Å². The summed E-state index contributed by atoms with van der Waals surface area (Å²) in [6.45, 7) is 1.52. The number of nitrogens with one attached hydrogen (secondary N) is 1. The van der Waals surface area contributed by atoms with Gasteiger partial charge >= 0.3 is 0 Å². The van der Waals surface area contributed by atoms with Gasteiger partial charge < -0.3 is 11.5 Å². The van der Waals surface area contributed by atoms with E-state index in [0.717, 1.165) is 18.0 Å². The lowest BCUT2D eigenvalue weighted by molar-refractivity contribution is 0.732. The SMILES string of the molecule is NC=NC(Br)NCC(C=NCC1CC1)=CN. The monoisotopic (exact) mass is 287 g/mol. The summed E-state index contributed by atoms with van der Waals surface area (Å²) >= 11 is 3.30. The molecule has 6 heteroatoms. The van der Waals surface area contributed by atoms with Crippen molar-refractivity contribution in [3.8, 4) is 0 Å². The number of aliphatic imine (C=N–C) groups is 2. The quantitative estimate of drug-likeness (QED) is 0.277. The Bertz CT molecular complexity index is 283. The van der Waals surface area contributed by atoms with Gasteiger partial charge in [-0.1, -0.05) is 0 Å². The molecule has 0 amide bonds. The first-order valence-corrected chi connectivity index (χ1v) is 6.19. The number of halogens is 1. The number of alkyl halides is 1. The molecule has 0 aliphatic heterocycles. The molecular weight excluding hydrogens is 270 g/mol. The molecule has 1 aliphatic carbocycles. The largest absolute Gasteiger partial charge is 0.404 e. The first kappa shape index (κ1) is 13.2. The fraction of sp³-hybridized carbons (Fsp3) is 0.600. The zero-order valence-electron chi connectivity index (χ0n) is 9.14. The van der Waals surface area contributed by atoms with E-state index >= 15 is 0 Å². The predicted octanol–water partition coefficient (Wildman–Crippen LogP) is 0.565. The molecular formula is C10H18BrN5. The molecule has 16 heavy (non-hydrogen) atoms. The Labute approximate surface area is 104 Å². The van der Waals surface area contributed by atoms with Crippen molar-refractivity contribution in [1.29, 1.82) is 0 Å². The summed E-state index contributed by atoms with van der Waals surface area (Å²) in [7, 11) is 0. The van der Waals surface area contributed by atoms with Crippen LogP contribution >= 0.6 is 15.9 Å². The van der Waals surface area contributed by atoms with Gasteiger partial charge in [-0.15, -0.1) is 0 Å². The first-order valence-electron chi connectivity index (χ1n) is 5.27. The Hall–Kier alpha value is -0.880. The summed E-state index contributed by atoms with van der Waals surface area (Å²) in [5.74, 6) is 0.800. The van der Waals surface area contributed by atoms with Crippen molar-refractivity contribution in [2.75, 3.05) is 13.1 Å². The van der Waals surface area contributed by atoms with Crippen LogP contribution in [0.5, 0.6) is 0 Å². The molecule has 0 bridgehead atoms. The minimum atomic E-state index is -0.190. The average molecular weight is 288 g/mol. The van der Waals surface area contributed by atoms with Crippen LogP contribution in [0.1, 0.15) is 12.8 Å². The molecule has 0 aromatic carbocycles. The van der Waals surface area contributed by atoms with Crippen LogP contribution in [0.25, 0.3) is 0 Å². The third-order valence-electron chi connectivity index (χ3n) is 2.22. The van der Waals surface area contributed by atoms with E-state index in [1.54, 1.807) is 6.20 Å². The minimum absolute atomic E-state index is 0.190. The predicted molar refractivity (Wildman–Crippen MR) is 71.8 cm³/mol. The molecule has 5 N–H and O–H groups in total. The highest BCUT2D eigenvalue weighted by Crippen LogP contribution is 2.28. The van der Waals surface area contributed by atoms with E-state index in [4.69, 9.17) is 11.5 Å². The van der Waals surface area contributed by atoms with Crippen molar-refractivity contribution >= 4 is 28.5 Å². The van der Waals surface area contributed by atoms with Crippen LogP contribution in [0.4, 0.5) is 0 Å². The zero-order chi connectivity index (χ0) is 11.8. The molecule has 0 aromatic heterocycles. The molecule has 0 saturated heterocycles. The standard InChI is InChI=1S/C10H18BrN5/c11-10(16-7-13)15-6-9(3-12)5-14-4-8-1-2-8/h3,5,7-8,10,15H,1-2,4,6,12H2,(H2,13,16). The van der Waals surface area contributed by atoms with Gasteiger partial charge in [0.05, 0.1) is 6.34 Å². The van der Waals surface area contributed by atoms with Gasteiger partial charge in [0, 0.05) is 19.3 Å². The van der Waals surface area contributed by atoms with Crippen molar-refractivity contribution in [2.45, 2.75) is 17.9 Å². The number of hydrogen-bond acceptors (Lipinski definition) is 4. The summed E-state index contributed by atoms with van der Waals surface area (Å²) in [5.41, 5.74) is 11.6. The van der Waals surface area contributed by atoms with E-state index in [2.05, 4.69) is 31.2 Å². The van der Waals surface area contributed by atoms with Crippen LogP contribution in [-0.2, 0) is 0 Å². The van der Waals surface area contributed by atoms with E-state index < -0.39 is 0 Å². The minimum Gasteiger partial charge on any atom is -0.404 e. The molecule has 0 radical (unpaired) electrons. The molecule has 0 aromatic rings. The third kappa shape index (κ3) is 5.87. The van der Waals surface area contributed by atoms with Gasteiger partial charge in [0.25, 0.3) is 0 Å². The van der Waals surface area contributed by atoms with Crippen LogP contribution in [0.2, 0.25) is 0 Å². The maximum Gasteiger partial charge on any atom is 0.157 e. The van der Waals surface area contributed by atoms with Gasteiger partial charge in [-0.3, -0.25) is 10.3 Å². The number of nitrogens with two attached hydrogens (primary N) is 2. The summed E-state index contributed by atoms with van der Waals surface area (Å²) < 4.78 is 0. The molecule has 1 unspecified atom stereocenters. The molecule has 90 valence electrons. The normalized spacial score (nSPS) is 19.7. The van der Waals surface area contributed by atoms with Crippen LogP contribution in [-0.4, -0.2) is 30.7 Å². The Balaban J connectivity index is 2.22. The topological polar surface area (TPSA) is 88.8 Å². The lowest BCUT2D eigenvalue weighted by Crippen LogP contribution is -2.25. The second-order valence-corrected chi connectivity index (χ2v) is 4.56. The van der Waals surface area contributed by atoms with Gasteiger partial charge in [-0.2, -0.15) is 0 Å². The number of nitrogens with zero attached hydrogens (tertiary/aromatic N) is 2. The third-order valence-corrected chi connectivity index (χ3v) is 2.78. The van der Waals surface area contributed by atoms with E-state index in [0.29, 0.717) is 6.54 Å². The van der Waals surface area contributed by atoms with Crippen molar-refractivity contribution in [1.82, 2.24) is 5.32 Å². The maximum atomic E-state index is 5.49. The van der Waals surface area contributed by atoms with E-state index in [-0.39, 0.29) is 5.08 Å². The molecule has 1 saturated carbocycles. The van der Waals surface area contributed by atoms with Gasteiger partial charge in [0.15, 0.2) is 5.08 Å². The van der Waals surface area contributed by atoms with Crippen LogP contribution < -0.4 is 16.8 Å². The fourth-order valence-electron chi connectivity index (χ4n) is 1.10. The highest BCUT2D eigenvalue weighted by molar-refractivity contribution is 9.09. The first-order chi connectivity index (χ1) is 7.76. The molecule has 1 aliphatic rings. The van der Waals surface area contributed by atoms with E-state index in [1.165, 1.54) is 19.2 Å². The number of rotatable bonds is 7. The maximum absolute atomic E-state index is 5.49. The smallest absolute Gasteiger partial charge is 0.157 e. The lowest BCUT2D eigenvalue weighted by Gasteiger charge is -2.07. The molecule has 1 fully saturated rings. The summed E-state index contributed by atoms with van der Waals surface area (Å²) in [5, 5.41) is 2.90. The second-order valence-electron chi connectivity index (χ2n) is 3.69. The van der Waals surface area contributed by atoms with Gasteiger partial charge in [-0.05, 0) is 46.5 Å². The van der Waals surface area contributed by atoms with Crippen molar-refractivity contribution in [3.63, 3.8) is 0 Å². The Morgan fingerprint density at radius 2 is 2.25 bits per heavy atom. The van der Waals surface area contributed by atoms with Crippen LogP contribution in [0.3, 0.4) is 0 Å². The molecule has 0 spiro atoms. The lowest BCUT2D eigenvalue weighted by atomic mass is 10.3. The van der Waals surface area contributed by atoms with Crippen molar-refractivity contribution < 1.29 is 0 Å². The Kier molecular flexibility index (Phi) is 6.10. The summed E-state index contributed by atoms with van der Waals surface area (Å²) in [4.78, 5) is 8.23. The molecule has 1 atom stereocenters. The molecule has 5 nitrogen and oxygen atoms in total. The molecule has 0 heterocycles. The van der Waals surface area contributed by atoms with Crippen molar-refractivity contribution in [3.05, 3.63) is 11.8 Å². The summed E-state index contributed by atoms with van der Waals surface area (Å²) in [6.07, 6.45) is 7.24. The van der Waals surface area contributed by atoms with Crippen LogP contribution in [0.15, 0.2) is 21.8 Å². The van der Waals surface area contributed by atoms with Gasteiger partial charge in [0.1, 0.15) is 0 Å². The fourth-order valence-corrected chi connectivity index (χ4v) is 1.40. The Morgan fingerprint density at radius 3 is 2.81 bits per heavy atom. The Morgan fingerprint density at radius 1 is 1.50 bits per heavy atom. The zero-order valence-corrected chi connectivity index (χ0v) is 10.7. The van der Waals surface area contributed by atoms with Gasteiger partial charge in [-0.25, -0.2) is 4.99 Å². The highest BCUT2D eigenvalue weighted by Gasteiger charge is 2.19.